The van der Waals surface area contributed by atoms with Gasteiger partial charge in [-0.1, -0.05) is 0 Å². The Labute approximate surface area is 121 Å². The van der Waals surface area contributed by atoms with Crippen LogP contribution < -0.4 is 0 Å². The van der Waals surface area contributed by atoms with E-state index in [4.69, 9.17) is 0 Å². The molecule has 1 heterocycles. The first-order valence-corrected chi connectivity index (χ1v) is 8.25. The second-order valence-corrected chi connectivity index (χ2v) is 7.57. The van der Waals surface area contributed by atoms with Crippen molar-refractivity contribution in [1.29, 1.82) is 0 Å². The molecule has 7 heteroatoms. The predicted octanol–water partition coefficient (Wildman–Crippen LogP) is 2.72. The van der Waals surface area contributed by atoms with Gasteiger partial charge in [-0.15, -0.1) is 11.3 Å². The lowest BCUT2D eigenvalue weighted by molar-refractivity contribution is 0.467. The Morgan fingerprint density at radius 3 is 2.55 bits per heavy atom. The standard InChI is InChI=1S/C13H15FN2O2S2/c1-9-4-11(14)6-12(5-9)20(17,18)16(3)7-13-10(2)15-8-19-13/h4-6,8H,7H2,1-3H3. The van der Waals surface area contributed by atoms with E-state index >= 15 is 0 Å². The fourth-order valence-corrected chi connectivity index (χ4v) is 3.96. The van der Waals surface area contributed by atoms with Gasteiger partial charge in [-0.3, -0.25) is 0 Å². The van der Waals surface area contributed by atoms with Gasteiger partial charge >= 0.3 is 0 Å². The van der Waals surface area contributed by atoms with Crippen LogP contribution in [0.25, 0.3) is 0 Å². The number of aryl methyl sites for hydroxylation is 2. The van der Waals surface area contributed by atoms with Crippen LogP contribution in [0.2, 0.25) is 0 Å². The maximum atomic E-state index is 13.4. The molecule has 0 unspecified atom stereocenters. The Morgan fingerprint density at radius 1 is 1.30 bits per heavy atom. The van der Waals surface area contributed by atoms with E-state index in [1.807, 2.05) is 6.92 Å². The highest BCUT2D eigenvalue weighted by molar-refractivity contribution is 7.89. The predicted molar refractivity (Wildman–Crippen MR) is 76.6 cm³/mol. The van der Waals surface area contributed by atoms with Crippen molar-refractivity contribution in [1.82, 2.24) is 9.29 Å². The quantitative estimate of drug-likeness (QED) is 0.872. The molecule has 0 aliphatic rings. The topological polar surface area (TPSA) is 50.3 Å². The number of hydrogen-bond donors (Lipinski definition) is 0. The Kier molecular flexibility index (Phi) is 4.22. The molecule has 0 aliphatic carbocycles. The Morgan fingerprint density at radius 2 is 2.00 bits per heavy atom. The number of nitrogens with zero attached hydrogens (tertiary/aromatic N) is 2. The minimum absolute atomic E-state index is 0.0281. The van der Waals surface area contributed by atoms with Gasteiger partial charge < -0.3 is 0 Å². The summed E-state index contributed by atoms with van der Waals surface area (Å²) in [5, 5.41) is 0. The molecule has 108 valence electrons. The highest BCUT2D eigenvalue weighted by Crippen LogP contribution is 2.21. The molecule has 2 rings (SSSR count). The number of thiazole rings is 1. The number of rotatable bonds is 4. The van der Waals surface area contributed by atoms with Crippen molar-refractivity contribution in [2.75, 3.05) is 7.05 Å². The van der Waals surface area contributed by atoms with Gasteiger partial charge in [-0.2, -0.15) is 4.31 Å². The Bertz CT molecular complexity index is 705. The van der Waals surface area contributed by atoms with Crippen molar-refractivity contribution in [3.63, 3.8) is 0 Å². The van der Waals surface area contributed by atoms with Crippen LogP contribution in [0.4, 0.5) is 4.39 Å². The van der Waals surface area contributed by atoms with E-state index < -0.39 is 15.8 Å². The zero-order chi connectivity index (χ0) is 14.9. The summed E-state index contributed by atoms with van der Waals surface area (Å²) in [6, 6.07) is 3.80. The van der Waals surface area contributed by atoms with Gasteiger partial charge in [-0.05, 0) is 37.6 Å². The van der Waals surface area contributed by atoms with E-state index in [2.05, 4.69) is 4.98 Å². The Balaban J connectivity index is 2.32. The smallest absolute Gasteiger partial charge is 0.243 e. The molecule has 0 fully saturated rings. The highest BCUT2D eigenvalue weighted by Gasteiger charge is 2.23. The molecule has 0 saturated heterocycles. The summed E-state index contributed by atoms with van der Waals surface area (Å²) in [5.41, 5.74) is 3.07. The first-order chi connectivity index (χ1) is 9.30. The van der Waals surface area contributed by atoms with Crippen LogP contribution in [0.1, 0.15) is 16.1 Å². The second kappa shape index (κ2) is 5.59. The molecule has 0 bridgehead atoms. The fraction of sp³-hybridized carbons (Fsp3) is 0.308. The van der Waals surface area contributed by atoms with E-state index in [0.29, 0.717) is 5.56 Å². The van der Waals surface area contributed by atoms with Gasteiger partial charge in [0.15, 0.2) is 0 Å². The summed E-state index contributed by atoms with van der Waals surface area (Å²) in [4.78, 5) is 4.94. The highest BCUT2D eigenvalue weighted by atomic mass is 32.2. The molecule has 20 heavy (non-hydrogen) atoms. The third-order valence-corrected chi connectivity index (χ3v) is 5.64. The summed E-state index contributed by atoms with van der Waals surface area (Å²) < 4.78 is 39.4. The van der Waals surface area contributed by atoms with Crippen molar-refractivity contribution in [3.05, 3.63) is 45.7 Å². The zero-order valence-corrected chi connectivity index (χ0v) is 13.1. The molecule has 0 saturated carbocycles. The molecule has 0 amide bonds. The van der Waals surface area contributed by atoms with Gasteiger partial charge in [0, 0.05) is 18.5 Å². The normalized spacial score (nSPS) is 12.1. The van der Waals surface area contributed by atoms with Gasteiger partial charge in [-0.25, -0.2) is 17.8 Å². The minimum Gasteiger partial charge on any atom is -0.250 e. The Hall–Kier alpha value is -1.31. The lowest BCUT2D eigenvalue weighted by atomic mass is 10.2. The summed E-state index contributed by atoms with van der Waals surface area (Å²) in [6.45, 7) is 3.72. The van der Waals surface area contributed by atoms with E-state index in [9.17, 15) is 12.8 Å². The summed E-state index contributed by atoms with van der Waals surface area (Å²) in [6.07, 6.45) is 0. The monoisotopic (exact) mass is 314 g/mol. The van der Waals surface area contributed by atoms with Gasteiger partial charge in [0.2, 0.25) is 10.0 Å². The summed E-state index contributed by atoms with van der Waals surface area (Å²) in [5.74, 6) is -0.550. The SMILES string of the molecule is Cc1cc(F)cc(S(=O)(=O)N(C)Cc2scnc2C)c1. The lowest BCUT2D eigenvalue weighted by Crippen LogP contribution is -2.26. The van der Waals surface area contributed by atoms with E-state index in [0.717, 1.165) is 16.6 Å². The van der Waals surface area contributed by atoms with Crippen LogP contribution in [0.3, 0.4) is 0 Å². The second-order valence-electron chi connectivity index (χ2n) is 4.59. The van der Waals surface area contributed by atoms with E-state index in [1.165, 1.54) is 34.8 Å². The molecular weight excluding hydrogens is 299 g/mol. The first-order valence-electron chi connectivity index (χ1n) is 5.93. The van der Waals surface area contributed by atoms with Crippen LogP contribution in [0.15, 0.2) is 28.6 Å². The largest absolute Gasteiger partial charge is 0.250 e. The maximum absolute atomic E-state index is 13.4. The number of halogens is 1. The van der Waals surface area contributed by atoms with Gasteiger partial charge in [0.1, 0.15) is 5.82 Å². The number of aromatic nitrogens is 1. The maximum Gasteiger partial charge on any atom is 0.243 e. The van der Waals surface area contributed by atoms with Crippen molar-refractivity contribution in [2.24, 2.45) is 0 Å². The third-order valence-electron chi connectivity index (χ3n) is 2.93. The van der Waals surface area contributed by atoms with Crippen molar-refractivity contribution in [2.45, 2.75) is 25.3 Å². The van der Waals surface area contributed by atoms with Gasteiger partial charge in [0.25, 0.3) is 0 Å². The lowest BCUT2D eigenvalue weighted by Gasteiger charge is -2.17. The van der Waals surface area contributed by atoms with E-state index in [-0.39, 0.29) is 11.4 Å². The zero-order valence-electron chi connectivity index (χ0n) is 11.4. The van der Waals surface area contributed by atoms with Crippen molar-refractivity contribution >= 4 is 21.4 Å². The summed E-state index contributed by atoms with van der Waals surface area (Å²) in [7, 11) is -2.22. The fourth-order valence-electron chi connectivity index (χ4n) is 1.80. The molecule has 0 aliphatic heterocycles. The molecule has 0 atom stereocenters. The van der Waals surface area contributed by atoms with Crippen molar-refractivity contribution < 1.29 is 12.8 Å². The molecule has 4 nitrogen and oxygen atoms in total. The average Bonchev–Trinajstić information content (AvgIpc) is 2.73. The van der Waals surface area contributed by atoms with Crippen LogP contribution in [0.5, 0.6) is 0 Å². The first kappa shape index (κ1) is 15.1. The minimum atomic E-state index is -3.70. The average molecular weight is 314 g/mol. The van der Waals surface area contributed by atoms with Crippen LogP contribution >= 0.6 is 11.3 Å². The third kappa shape index (κ3) is 3.05. The molecule has 0 spiro atoms. The molecule has 1 aromatic heterocycles. The molecule has 2 aromatic rings. The molecule has 0 radical (unpaired) electrons. The van der Waals surface area contributed by atoms with E-state index in [1.54, 1.807) is 12.4 Å². The number of sulfonamides is 1. The summed E-state index contributed by atoms with van der Waals surface area (Å²) >= 11 is 1.40. The molecule has 1 aromatic carbocycles. The van der Waals surface area contributed by atoms with Crippen LogP contribution in [0, 0.1) is 19.7 Å². The molecular formula is C13H15FN2O2S2. The molecule has 0 N–H and O–H groups in total. The van der Waals surface area contributed by atoms with Crippen LogP contribution in [-0.4, -0.2) is 24.8 Å². The number of benzene rings is 1. The van der Waals surface area contributed by atoms with Crippen LogP contribution in [-0.2, 0) is 16.6 Å². The number of hydrogen-bond acceptors (Lipinski definition) is 4. The van der Waals surface area contributed by atoms with Crippen molar-refractivity contribution in [3.8, 4) is 0 Å². The van der Waals surface area contributed by atoms with Gasteiger partial charge in [0.05, 0.1) is 16.1 Å².